The molecule has 156 valence electrons. The molecule has 0 saturated carbocycles. The number of carbonyl (C=O) groups excluding carboxylic acids is 2. The second-order valence-electron chi connectivity index (χ2n) is 8.94. The SMILES string of the molecule is CCCCCOC(=O)C1C(C)=NC2=C(C(=O)CC(C)(C)C2)[C@@H]1c1cccc(Cl)c1. The van der Waals surface area contributed by atoms with Crippen molar-refractivity contribution in [3.63, 3.8) is 0 Å². The van der Waals surface area contributed by atoms with E-state index < -0.39 is 11.8 Å². The Balaban J connectivity index is 2.02. The molecule has 0 radical (unpaired) electrons. The lowest BCUT2D eigenvalue weighted by atomic mass is 9.67. The van der Waals surface area contributed by atoms with Crippen LogP contribution in [-0.2, 0) is 14.3 Å². The van der Waals surface area contributed by atoms with Gasteiger partial charge in [0.1, 0.15) is 5.92 Å². The summed E-state index contributed by atoms with van der Waals surface area (Å²) < 4.78 is 5.61. The lowest BCUT2D eigenvalue weighted by Gasteiger charge is -2.39. The average Bonchev–Trinajstić information content (AvgIpc) is 2.63. The van der Waals surface area contributed by atoms with Gasteiger partial charge in [0.15, 0.2) is 5.78 Å². The summed E-state index contributed by atoms with van der Waals surface area (Å²) in [7, 11) is 0. The van der Waals surface area contributed by atoms with Crippen molar-refractivity contribution in [1.82, 2.24) is 0 Å². The van der Waals surface area contributed by atoms with E-state index in [1.54, 1.807) is 6.07 Å². The molecule has 3 rings (SSSR count). The number of nitrogens with zero attached hydrogens (tertiary/aromatic N) is 1. The van der Waals surface area contributed by atoms with Crippen molar-refractivity contribution < 1.29 is 14.3 Å². The van der Waals surface area contributed by atoms with E-state index in [2.05, 4.69) is 20.8 Å². The molecule has 1 aliphatic carbocycles. The smallest absolute Gasteiger partial charge is 0.315 e. The number of allylic oxidation sites excluding steroid dienone is 2. The largest absolute Gasteiger partial charge is 0.465 e. The monoisotopic (exact) mass is 415 g/mol. The molecule has 0 bridgehead atoms. The molecule has 2 atom stereocenters. The first-order valence-corrected chi connectivity index (χ1v) is 10.8. The molecule has 1 heterocycles. The van der Waals surface area contributed by atoms with Gasteiger partial charge in [-0.1, -0.05) is 57.3 Å². The van der Waals surface area contributed by atoms with E-state index in [1.165, 1.54) is 0 Å². The van der Waals surface area contributed by atoms with Crippen LogP contribution in [0.2, 0.25) is 5.02 Å². The third-order valence-electron chi connectivity index (χ3n) is 5.76. The van der Waals surface area contributed by atoms with Crippen molar-refractivity contribution in [2.75, 3.05) is 6.61 Å². The fraction of sp³-hybridized carbons (Fsp3) is 0.542. The number of ether oxygens (including phenoxy) is 1. The molecule has 1 aromatic carbocycles. The highest BCUT2D eigenvalue weighted by Crippen LogP contribution is 2.48. The number of rotatable bonds is 6. The fourth-order valence-electron chi connectivity index (χ4n) is 4.43. The van der Waals surface area contributed by atoms with Gasteiger partial charge in [-0.25, -0.2) is 0 Å². The van der Waals surface area contributed by atoms with E-state index in [0.29, 0.717) is 29.3 Å². The lowest BCUT2D eigenvalue weighted by molar-refractivity contribution is -0.146. The van der Waals surface area contributed by atoms with Crippen LogP contribution in [0.25, 0.3) is 0 Å². The van der Waals surface area contributed by atoms with Crippen LogP contribution in [0.4, 0.5) is 0 Å². The van der Waals surface area contributed by atoms with Gasteiger partial charge in [0.25, 0.3) is 0 Å². The van der Waals surface area contributed by atoms with Crippen LogP contribution in [0.15, 0.2) is 40.5 Å². The molecule has 0 aromatic heterocycles. The Morgan fingerprint density at radius 2 is 2.03 bits per heavy atom. The molecule has 0 saturated heterocycles. The number of halogens is 1. The lowest BCUT2D eigenvalue weighted by Crippen LogP contribution is -2.39. The van der Waals surface area contributed by atoms with Crippen LogP contribution in [0.5, 0.6) is 0 Å². The standard InChI is InChI=1S/C24H30ClNO3/c1-5-6-7-11-29-23(28)20-15(2)26-18-13-24(3,4)14-19(27)22(18)21(20)16-9-8-10-17(25)12-16/h8-10,12,20-21H,5-7,11,13-14H2,1-4H3/t20?,21-/m1/s1. The molecule has 1 aromatic rings. The van der Waals surface area contributed by atoms with Crippen molar-refractivity contribution in [3.05, 3.63) is 46.1 Å². The van der Waals surface area contributed by atoms with E-state index >= 15 is 0 Å². The predicted octanol–water partition coefficient (Wildman–Crippen LogP) is 5.89. The molecule has 1 aliphatic heterocycles. The zero-order valence-electron chi connectivity index (χ0n) is 17.8. The first-order valence-electron chi connectivity index (χ1n) is 10.5. The first kappa shape index (κ1) is 21.8. The second-order valence-corrected chi connectivity index (χ2v) is 9.38. The maximum absolute atomic E-state index is 13.2. The maximum atomic E-state index is 13.2. The van der Waals surface area contributed by atoms with E-state index in [0.717, 1.165) is 36.9 Å². The van der Waals surface area contributed by atoms with E-state index in [-0.39, 0.29) is 17.2 Å². The molecular weight excluding hydrogens is 386 g/mol. The third kappa shape index (κ3) is 4.80. The summed E-state index contributed by atoms with van der Waals surface area (Å²) in [5.41, 5.74) is 2.91. The Morgan fingerprint density at radius 3 is 2.72 bits per heavy atom. The summed E-state index contributed by atoms with van der Waals surface area (Å²) in [5, 5.41) is 0.587. The summed E-state index contributed by atoms with van der Waals surface area (Å²) >= 11 is 6.26. The van der Waals surface area contributed by atoms with Gasteiger partial charge in [0.2, 0.25) is 0 Å². The van der Waals surface area contributed by atoms with Crippen molar-refractivity contribution in [3.8, 4) is 0 Å². The third-order valence-corrected chi connectivity index (χ3v) is 5.99. The number of unbranched alkanes of at least 4 members (excludes halogenated alkanes) is 2. The van der Waals surface area contributed by atoms with Crippen molar-refractivity contribution in [1.29, 1.82) is 0 Å². The van der Waals surface area contributed by atoms with Crippen LogP contribution in [0.3, 0.4) is 0 Å². The van der Waals surface area contributed by atoms with Gasteiger partial charge in [0.05, 0.1) is 6.61 Å². The number of hydrogen-bond donors (Lipinski definition) is 0. The molecular formula is C24H30ClNO3. The summed E-state index contributed by atoms with van der Waals surface area (Å²) in [6.45, 7) is 8.54. The molecule has 1 unspecified atom stereocenters. The summed E-state index contributed by atoms with van der Waals surface area (Å²) in [6.07, 6.45) is 4.10. The minimum absolute atomic E-state index is 0.0706. The molecule has 0 fully saturated rings. The first-order chi connectivity index (χ1) is 13.7. The highest BCUT2D eigenvalue weighted by molar-refractivity contribution is 6.30. The molecule has 2 aliphatic rings. The number of hydrogen-bond acceptors (Lipinski definition) is 4. The highest BCUT2D eigenvalue weighted by Gasteiger charge is 2.46. The van der Waals surface area contributed by atoms with Crippen molar-refractivity contribution in [2.24, 2.45) is 16.3 Å². The molecule has 5 heteroatoms. The zero-order chi connectivity index (χ0) is 21.2. The number of aliphatic imine (C=N–C) groups is 1. The van der Waals surface area contributed by atoms with Crippen molar-refractivity contribution >= 4 is 29.1 Å². The van der Waals surface area contributed by atoms with Crippen LogP contribution < -0.4 is 0 Å². The van der Waals surface area contributed by atoms with E-state index in [4.69, 9.17) is 21.3 Å². The number of esters is 1. The fourth-order valence-corrected chi connectivity index (χ4v) is 4.62. The van der Waals surface area contributed by atoms with Gasteiger partial charge in [-0.2, -0.15) is 0 Å². The van der Waals surface area contributed by atoms with Gasteiger partial charge < -0.3 is 4.74 Å². The second kappa shape index (κ2) is 8.83. The van der Waals surface area contributed by atoms with Gasteiger partial charge in [-0.15, -0.1) is 0 Å². The Labute approximate surface area is 178 Å². The highest BCUT2D eigenvalue weighted by atomic mass is 35.5. The van der Waals surface area contributed by atoms with Crippen LogP contribution in [-0.4, -0.2) is 24.1 Å². The minimum atomic E-state index is -0.598. The summed E-state index contributed by atoms with van der Waals surface area (Å²) in [6, 6.07) is 7.44. The number of benzene rings is 1. The van der Waals surface area contributed by atoms with Gasteiger partial charge in [-0.05, 0) is 42.9 Å². The van der Waals surface area contributed by atoms with E-state index in [9.17, 15) is 9.59 Å². The Kier molecular flexibility index (Phi) is 6.62. The Hall–Kier alpha value is -1.94. The number of Topliss-reactive ketones (excluding diaryl/α,β-unsaturated/α-hetero) is 1. The summed E-state index contributed by atoms with van der Waals surface area (Å²) in [5.74, 6) is -1.24. The quantitative estimate of drug-likeness (QED) is 0.430. The predicted molar refractivity (Wildman–Crippen MR) is 116 cm³/mol. The van der Waals surface area contributed by atoms with Gasteiger partial charge >= 0.3 is 5.97 Å². The Morgan fingerprint density at radius 1 is 1.28 bits per heavy atom. The minimum Gasteiger partial charge on any atom is -0.465 e. The van der Waals surface area contributed by atoms with Gasteiger partial charge in [0, 0.05) is 34.3 Å². The average molecular weight is 416 g/mol. The molecule has 0 N–H and O–H groups in total. The van der Waals surface area contributed by atoms with Crippen LogP contribution in [0.1, 0.15) is 71.3 Å². The maximum Gasteiger partial charge on any atom is 0.315 e. The Bertz CT molecular complexity index is 869. The van der Waals surface area contributed by atoms with Gasteiger partial charge in [-0.3, -0.25) is 14.6 Å². The number of ketones is 1. The topological polar surface area (TPSA) is 55.7 Å². The molecule has 4 nitrogen and oxygen atoms in total. The zero-order valence-corrected chi connectivity index (χ0v) is 18.5. The molecule has 0 spiro atoms. The van der Waals surface area contributed by atoms with Crippen molar-refractivity contribution in [2.45, 2.75) is 65.7 Å². The molecule has 29 heavy (non-hydrogen) atoms. The van der Waals surface area contributed by atoms with Crippen LogP contribution >= 0.6 is 11.6 Å². The number of carbonyl (C=O) groups is 2. The van der Waals surface area contributed by atoms with Crippen LogP contribution in [0, 0.1) is 11.3 Å². The molecule has 0 amide bonds. The normalized spacial score (nSPS) is 23.5. The van der Waals surface area contributed by atoms with E-state index in [1.807, 2.05) is 25.1 Å². The summed E-state index contributed by atoms with van der Waals surface area (Å²) in [4.78, 5) is 31.0.